The van der Waals surface area contributed by atoms with E-state index in [0.29, 0.717) is 13.0 Å². The Kier molecular flexibility index (Phi) is 8.10. The summed E-state index contributed by atoms with van der Waals surface area (Å²) in [4.78, 5) is 22.8. The molecular weight excluding hydrogens is 424 g/mol. The minimum Gasteiger partial charge on any atom is -0.478 e. The highest BCUT2D eigenvalue weighted by Crippen LogP contribution is 2.59. The van der Waals surface area contributed by atoms with E-state index in [-0.39, 0.29) is 35.4 Å². The lowest BCUT2D eigenvalue weighted by Gasteiger charge is -2.42. The average Bonchev–Trinajstić information content (AvgIpc) is 3.67. The maximum absolute atomic E-state index is 12.4. The Hall–Kier alpha value is -2.48. The first-order chi connectivity index (χ1) is 15.7. The van der Waals surface area contributed by atoms with Gasteiger partial charge in [0, 0.05) is 19.3 Å². The highest BCUT2D eigenvalue weighted by Gasteiger charge is 2.72. The molecule has 7 nitrogen and oxygen atoms in total. The second-order valence-electron chi connectivity index (χ2n) is 9.18. The highest BCUT2D eigenvalue weighted by molar-refractivity contribution is 5.82. The molecule has 33 heavy (non-hydrogen) atoms. The van der Waals surface area contributed by atoms with Gasteiger partial charge in [0.1, 0.15) is 23.4 Å². The molecule has 1 saturated carbocycles. The molecule has 0 aromatic rings. The SMILES string of the molecule is COC1C(OC(=O)/C=C/C=C/C=C/C=C/C(=O)O)CCC2(CO2)C1[C@@]1(C)O[C@@H]1CC=C(C)C. The van der Waals surface area contributed by atoms with Gasteiger partial charge in [-0.25, -0.2) is 9.59 Å². The molecule has 1 spiro atoms. The van der Waals surface area contributed by atoms with Crippen molar-refractivity contribution in [1.82, 2.24) is 0 Å². The molecule has 6 atom stereocenters. The molecule has 0 bridgehead atoms. The third kappa shape index (κ3) is 6.31. The molecule has 3 aliphatic rings. The van der Waals surface area contributed by atoms with Crippen molar-refractivity contribution >= 4 is 11.9 Å². The van der Waals surface area contributed by atoms with Crippen molar-refractivity contribution in [1.29, 1.82) is 0 Å². The molecule has 0 aromatic heterocycles. The Bertz CT molecular complexity index is 873. The van der Waals surface area contributed by atoms with E-state index in [1.807, 2.05) is 0 Å². The van der Waals surface area contributed by atoms with Crippen LogP contribution in [0.2, 0.25) is 0 Å². The number of allylic oxidation sites excluding steroid dienone is 7. The summed E-state index contributed by atoms with van der Waals surface area (Å²) in [5.74, 6) is -1.45. The Morgan fingerprint density at radius 3 is 2.30 bits per heavy atom. The number of carboxylic acid groups (broad SMARTS) is 1. The van der Waals surface area contributed by atoms with E-state index in [4.69, 9.17) is 24.1 Å². The molecule has 2 aliphatic heterocycles. The predicted octanol–water partition coefficient (Wildman–Crippen LogP) is 3.92. The minimum atomic E-state index is -1.00. The van der Waals surface area contributed by atoms with Crippen molar-refractivity contribution in [3.8, 4) is 0 Å². The van der Waals surface area contributed by atoms with Crippen LogP contribution in [0, 0.1) is 5.92 Å². The summed E-state index contributed by atoms with van der Waals surface area (Å²) in [6.45, 7) is 6.96. The maximum atomic E-state index is 12.4. The molecule has 1 N–H and O–H groups in total. The summed E-state index contributed by atoms with van der Waals surface area (Å²) in [6, 6.07) is 0. The molecule has 0 amide bonds. The third-order valence-corrected chi connectivity index (χ3v) is 6.53. The number of esters is 1. The van der Waals surface area contributed by atoms with Gasteiger partial charge < -0.3 is 24.1 Å². The molecule has 7 heteroatoms. The molecular formula is C26H34O7. The molecule has 0 radical (unpaired) electrons. The van der Waals surface area contributed by atoms with Gasteiger partial charge in [-0.1, -0.05) is 48.1 Å². The molecule has 1 aliphatic carbocycles. The summed E-state index contributed by atoms with van der Waals surface area (Å²) >= 11 is 0. The van der Waals surface area contributed by atoms with E-state index < -0.39 is 11.9 Å². The van der Waals surface area contributed by atoms with E-state index in [1.165, 1.54) is 17.7 Å². The van der Waals surface area contributed by atoms with Crippen LogP contribution in [0.3, 0.4) is 0 Å². The lowest BCUT2D eigenvalue weighted by Crippen LogP contribution is -2.55. The number of carbonyl (C=O) groups excluding carboxylic acids is 1. The third-order valence-electron chi connectivity index (χ3n) is 6.53. The fourth-order valence-corrected chi connectivity index (χ4v) is 4.79. The second kappa shape index (κ2) is 10.6. The number of hydrogen-bond donors (Lipinski definition) is 1. The van der Waals surface area contributed by atoms with Crippen LogP contribution in [-0.4, -0.2) is 60.3 Å². The molecule has 2 saturated heterocycles. The van der Waals surface area contributed by atoms with Crippen LogP contribution in [0.1, 0.15) is 40.0 Å². The van der Waals surface area contributed by atoms with Crippen molar-refractivity contribution in [2.45, 2.75) is 69.5 Å². The van der Waals surface area contributed by atoms with Crippen molar-refractivity contribution in [3.05, 3.63) is 60.3 Å². The predicted molar refractivity (Wildman–Crippen MR) is 124 cm³/mol. The molecule has 3 rings (SSSR count). The topological polar surface area (TPSA) is 97.9 Å². The smallest absolute Gasteiger partial charge is 0.331 e. The molecule has 4 unspecified atom stereocenters. The van der Waals surface area contributed by atoms with E-state index in [1.54, 1.807) is 37.5 Å². The summed E-state index contributed by atoms with van der Waals surface area (Å²) in [5, 5.41) is 8.51. The summed E-state index contributed by atoms with van der Waals surface area (Å²) in [5.41, 5.74) is 0.642. The zero-order valence-electron chi connectivity index (χ0n) is 19.7. The standard InChI is InChI=1S/C26H34O7/c1-18(2)13-14-20-25(3,33-20)24-23(30-4)19(15-16-26(24)17-31-26)32-22(29)12-10-8-6-5-7-9-11-21(27)28/h5-13,19-20,23-24H,14-17H2,1-4H3,(H,27,28)/b7-5+,8-6+,11-9+,12-10+/t19?,20-,23?,24?,25+,26?/m1/s1. The number of hydrogen-bond acceptors (Lipinski definition) is 6. The number of epoxide rings is 2. The van der Waals surface area contributed by atoms with Crippen LogP contribution in [0.25, 0.3) is 0 Å². The van der Waals surface area contributed by atoms with E-state index in [0.717, 1.165) is 18.9 Å². The lowest BCUT2D eigenvalue weighted by molar-refractivity contribution is -0.166. The lowest BCUT2D eigenvalue weighted by atomic mass is 9.68. The van der Waals surface area contributed by atoms with Gasteiger partial charge in [0.25, 0.3) is 0 Å². The quantitative estimate of drug-likeness (QED) is 0.174. The van der Waals surface area contributed by atoms with Crippen molar-refractivity contribution < 1.29 is 33.6 Å². The second-order valence-corrected chi connectivity index (χ2v) is 9.18. The number of aliphatic carboxylic acids is 1. The first kappa shape index (κ1) is 25.1. The van der Waals surface area contributed by atoms with Gasteiger partial charge >= 0.3 is 11.9 Å². The van der Waals surface area contributed by atoms with Crippen LogP contribution >= 0.6 is 0 Å². The largest absolute Gasteiger partial charge is 0.478 e. The Balaban J connectivity index is 1.59. The molecule has 3 fully saturated rings. The number of methoxy groups -OCH3 is 1. The Morgan fingerprint density at radius 2 is 1.73 bits per heavy atom. The summed E-state index contributed by atoms with van der Waals surface area (Å²) in [7, 11) is 1.65. The maximum Gasteiger partial charge on any atom is 0.331 e. The van der Waals surface area contributed by atoms with E-state index in [2.05, 4.69) is 26.8 Å². The monoisotopic (exact) mass is 458 g/mol. The van der Waals surface area contributed by atoms with Gasteiger partial charge in [-0.05, 0) is 40.0 Å². The fraction of sp³-hybridized carbons (Fsp3) is 0.538. The van der Waals surface area contributed by atoms with Crippen molar-refractivity contribution in [2.24, 2.45) is 5.92 Å². The molecule has 0 aromatic carbocycles. The molecule has 2 heterocycles. The summed E-state index contributed by atoms with van der Waals surface area (Å²) < 4.78 is 23.8. The number of carbonyl (C=O) groups is 2. The minimum absolute atomic E-state index is 0.00928. The van der Waals surface area contributed by atoms with Gasteiger partial charge in [-0.3, -0.25) is 0 Å². The van der Waals surface area contributed by atoms with E-state index >= 15 is 0 Å². The van der Waals surface area contributed by atoms with Gasteiger partial charge in [-0.2, -0.15) is 0 Å². The van der Waals surface area contributed by atoms with Gasteiger partial charge in [0.15, 0.2) is 0 Å². The van der Waals surface area contributed by atoms with E-state index in [9.17, 15) is 9.59 Å². The average molecular weight is 459 g/mol. The van der Waals surface area contributed by atoms with Gasteiger partial charge in [-0.15, -0.1) is 0 Å². The van der Waals surface area contributed by atoms with Crippen LogP contribution in [-0.2, 0) is 28.5 Å². The van der Waals surface area contributed by atoms with Gasteiger partial charge in [0.05, 0.1) is 18.6 Å². The highest BCUT2D eigenvalue weighted by atomic mass is 16.6. The first-order valence-corrected chi connectivity index (χ1v) is 11.3. The zero-order valence-corrected chi connectivity index (χ0v) is 19.7. The normalized spacial score (nSPS) is 35.6. The zero-order chi connectivity index (χ0) is 24.1. The Labute approximate surface area is 195 Å². The number of ether oxygens (including phenoxy) is 4. The fourth-order valence-electron chi connectivity index (χ4n) is 4.79. The number of rotatable bonds is 10. The van der Waals surface area contributed by atoms with Crippen molar-refractivity contribution in [3.63, 3.8) is 0 Å². The van der Waals surface area contributed by atoms with Crippen LogP contribution in [0.5, 0.6) is 0 Å². The number of carboxylic acids is 1. The van der Waals surface area contributed by atoms with Crippen LogP contribution in [0.4, 0.5) is 0 Å². The van der Waals surface area contributed by atoms with Crippen LogP contribution in [0.15, 0.2) is 60.3 Å². The summed E-state index contributed by atoms with van der Waals surface area (Å²) in [6.07, 6.45) is 16.0. The first-order valence-electron chi connectivity index (χ1n) is 11.3. The molecule has 180 valence electrons. The Morgan fingerprint density at radius 1 is 1.09 bits per heavy atom. The van der Waals surface area contributed by atoms with Gasteiger partial charge in [0.2, 0.25) is 0 Å². The van der Waals surface area contributed by atoms with Crippen LogP contribution < -0.4 is 0 Å². The van der Waals surface area contributed by atoms with Crippen molar-refractivity contribution in [2.75, 3.05) is 13.7 Å².